The van der Waals surface area contributed by atoms with Crippen molar-refractivity contribution in [2.45, 2.75) is 13.0 Å². The van der Waals surface area contributed by atoms with Crippen molar-refractivity contribution in [1.82, 2.24) is 0 Å². The molecule has 1 unspecified atom stereocenters. The summed E-state index contributed by atoms with van der Waals surface area (Å²) in [6.07, 6.45) is -1.34. The van der Waals surface area contributed by atoms with E-state index in [1.165, 1.54) is 0 Å². The van der Waals surface area contributed by atoms with E-state index in [2.05, 4.69) is 0 Å². The van der Waals surface area contributed by atoms with Crippen LogP contribution in [0.3, 0.4) is 0 Å². The molecule has 0 aliphatic rings. The van der Waals surface area contributed by atoms with Gasteiger partial charge in [-0.2, -0.15) is 0 Å². The van der Waals surface area contributed by atoms with Crippen LogP contribution in [0.4, 0.5) is 4.39 Å². The molecule has 0 aliphatic carbocycles. The number of rotatable bonds is 2. The number of hydrogen-bond acceptors (Lipinski definition) is 5. The number of aliphatic hydroxyl groups excluding tert-OH is 1. The zero-order valence-corrected chi connectivity index (χ0v) is 5.74. The highest BCUT2D eigenvalue weighted by Gasteiger charge is 1.89. The number of halogens is 1. The van der Waals surface area contributed by atoms with Crippen LogP contribution in [-0.4, -0.2) is 29.8 Å². The molecular weight excluding hydrogens is 159 g/mol. The Balaban J connectivity index is 0. The van der Waals surface area contributed by atoms with Crippen molar-refractivity contribution in [3.63, 3.8) is 0 Å². The minimum absolute atomic E-state index is 1.13. The third kappa shape index (κ3) is 17.7. The van der Waals surface area contributed by atoms with E-state index in [4.69, 9.17) is 15.0 Å². The van der Waals surface area contributed by atoms with Crippen molar-refractivity contribution >= 4 is 11.9 Å². The van der Waals surface area contributed by atoms with Gasteiger partial charge in [0.05, 0.1) is 18.0 Å². The third-order valence-electron chi connectivity index (χ3n) is 0.450. The number of alkyl halides is 1. The van der Waals surface area contributed by atoms with Gasteiger partial charge in [-0.1, -0.05) is 0 Å². The van der Waals surface area contributed by atoms with Crippen LogP contribution < -0.4 is 10.2 Å². The van der Waals surface area contributed by atoms with Crippen LogP contribution in [0.2, 0.25) is 0 Å². The second kappa shape index (κ2) is 6.94. The first-order chi connectivity index (χ1) is 4.91. The molecule has 0 rings (SSSR count). The lowest BCUT2D eigenvalue weighted by molar-refractivity contribution is -0.314. The minimum atomic E-state index is -1.66. The van der Waals surface area contributed by atoms with Crippen LogP contribution in [0.1, 0.15) is 6.92 Å². The summed E-state index contributed by atoms with van der Waals surface area (Å²) in [6.45, 7) is -0.255. The maximum Gasteiger partial charge on any atom is 0.129 e. The van der Waals surface area contributed by atoms with E-state index in [0.717, 1.165) is 6.92 Å². The van der Waals surface area contributed by atoms with Gasteiger partial charge in [-0.25, -0.2) is 4.39 Å². The number of carboxylic acid groups (broad SMARTS) is 2. The van der Waals surface area contributed by atoms with E-state index in [9.17, 15) is 14.3 Å². The third-order valence-corrected chi connectivity index (χ3v) is 0.450. The van der Waals surface area contributed by atoms with Crippen molar-refractivity contribution in [3.8, 4) is 0 Å². The van der Waals surface area contributed by atoms with E-state index in [-0.39, 0.29) is 0 Å². The van der Waals surface area contributed by atoms with Gasteiger partial charge in [-0.3, -0.25) is 0 Å². The number of hydrogen-bond donors (Lipinski definition) is 1. The van der Waals surface area contributed by atoms with E-state index in [0.29, 0.717) is 0 Å². The van der Waals surface area contributed by atoms with Gasteiger partial charge in [-0.15, -0.1) is 0 Å². The molecule has 0 aliphatic heterocycles. The molecule has 0 radical (unpaired) electrons. The molecule has 5 nitrogen and oxygen atoms in total. The topological polar surface area (TPSA) is 100 Å². The molecule has 0 amide bonds. The minimum Gasteiger partial charge on any atom is -0.547 e. The van der Waals surface area contributed by atoms with E-state index in [1.807, 2.05) is 0 Å². The second-order valence-electron chi connectivity index (χ2n) is 1.50. The fourth-order valence-corrected chi connectivity index (χ4v) is 0. The highest BCUT2D eigenvalue weighted by molar-refractivity contribution is 5.68. The van der Waals surface area contributed by atoms with Crippen molar-refractivity contribution in [3.05, 3.63) is 0 Å². The molecule has 66 valence electrons. The van der Waals surface area contributed by atoms with Gasteiger partial charge in [0.25, 0.3) is 0 Å². The van der Waals surface area contributed by atoms with Crippen LogP contribution in [0.5, 0.6) is 0 Å². The summed E-state index contributed by atoms with van der Waals surface area (Å²) in [4.78, 5) is 18.2. The highest BCUT2D eigenvalue weighted by atomic mass is 19.1. The lowest BCUT2D eigenvalue weighted by Gasteiger charge is -2.00. The fourth-order valence-electron chi connectivity index (χ4n) is 0. The molecule has 0 aromatic carbocycles. The normalized spacial score (nSPS) is 10.8. The largest absolute Gasteiger partial charge is 0.547 e. The van der Waals surface area contributed by atoms with Crippen molar-refractivity contribution in [2.24, 2.45) is 0 Å². The van der Waals surface area contributed by atoms with Crippen molar-refractivity contribution in [1.29, 1.82) is 0 Å². The Bertz CT molecular complexity index is 133. The number of carboxylic acids is 2. The molecule has 1 N–H and O–H groups in total. The highest BCUT2D eigenvalue weighted by Crippen LogP contribution is 1.69. The molecule has 0 heterocycles. The van der Waals surface area contributed by atoms with Crippen LogP contribution in [0.25, 0.3) is 0 Å². The predicted molar refractivity (Wildman–Crippen MR) is 27.7 cm³/mol. The van der Waals surface area contributed by atoms with E-state index in [1.54, 1.807) is 0 Å². The SMILES string of the molecule is CC(O)C(=O)[O-].O=C([O-])CF. The first-order valence-electron chi connectivity index (χ1n) is 2.56. The van der Waals surface area contributed by atoms with Gasteiger partial charge in [0.1, 0.15) is 6.67 Å². The zero-order chi connectivity index (χ0) is 9.44. The number of carbonyl (C=O) groups excluding carboxylic acids is 2. The molecule has 0 spiro atoms. The Labute approximate surface area is 62.1 Å². The molecule has 0 saturated heterocycles. The summed E-state index contributed by atoms with van der Waals surface area (Å²) in [6, 6.07) is 0. The van der Waals surface area contributed by atoms with Gasteiger partial charge < -0.3 is 24.9 Å². The summed E-state index contributed by atoms with van der Waals surface area (Å²) in [5, 5.41) is 26.2. The van der Waals surface area contributed by atoms with Gasteiger partial charge >= 0.3 is 0 Å². The van der Waals surface area contributed by atoms with Crippen molar-refractivity contribution in [2.75, 3.05) is 6.67 Å². The number of aliphatic hydroxyl groups is 1. The first kappa shape index (κ1) is 12.5. The first-order valence-corrected chi connectivity index (χ1v) is 2.56. The van der Waals surface area contributed by atoms with Crippen LogP contribution in [-0.2, 0) is 9.59 Å². The average Bonchev–Trinajstić information content (AvgIpc) is 1.89. The molecule has 0 aromatic rings. The Morgan fingerprint density at radius 1 is 1.55 bits per heavy atom. The molecule has 0 fully saturated rings. The quantitative estimate of drug-likeness (QED) is 0.466. The maximum absolute atomic E-state index is 10.5. The molecule has 11 heavy (non-hydrogen) atoms. The summed E-state index contributed by atoms with van der Waals surface area (Å²) in [5.41, 5.74) is 0. The van der Waals surface area contributed by atoms with Crippen molar-refractivity contribution < 1.29 is 29.3 Å². The molecule has 6 heteroatoms. The zero-order valence-electron chi connectivity index (χ0n) is 5.74. The smallest absolute Gasteiger partial charge is 0.129 e. The number of carbonyl (C=O) groups is 2. The maximum atomic E-state index is 10.5. The number of aliphatic carboxylic acids is 2. The lowest BCUT2D eigenvalue weighted by atomic mass is 10.4. The van der Waals surface area contributed by atoms with E-state index >= 15 is 0 Å². The van der Waals surface area contributed by atoms with Gasteiger partial charge in [0, 0.05) is 0 Å². The summed E-state index contributed by atoms with van der Waals surface area (Å²) >= 11 is 0. The monoisotopic (exact) mass is 166 g/mol. The average molecular weight is 166 g/mol. The van der Waals surface area contributed by atoms with Gasteiger partial charge in [0.15, 0.2) is 0 Å². The van der Waals surface area contributed by atoms with Crippen LogP contribution in [0.15, 0.2) is 0 Å². The Kier molecular flexibility index (Phi) is 7.89. The molecule has 1 atom stereocenters. The Hall–Kier alpha value is -1.17. The molecule has 0 saturated carbocycles. The molecular formula is C5H7FO5-2. The predicted octanol–water partition coefficient (Wildman–Crippen LogP) is -3.18. The molecule has 0 aromatic heterocycles. The fraction of sp³-hybridized carbons (Fsp3) is 0.600. The Morgan fingerprint density at radius 3 is 1.73 bits per heavy atom. The summed E-state index contributed by atoms with van der Waals surface area (Å²) < 4.78 is 10.5. The van der Waals surface area contributed by atoms with E-state index < -0.39 is 24.7 Å². The van der Waals surface area contributed by atoms with Gasteiger partial charge in [-0.05, 0) is 6.92 Å². The van der Waals surface area contributed by atoms with Crippen LogP contribution in [0, 0.1) is 0 Å². The summed E-state index contributed by atoms with van der Waals surface area (Å²) in [7, 11) is 0. The van der Waals surface area contributed by atoms with Gasteiger partial charge in [0.2, 0.25) is 0 Å². The molecule has 0 bridgehead atoms. The standard InChI is InChI=1S/C3H6O3.C2H3FO2/c1-2(4)3(5)6;3-1-2(4)5/h2,4H,1H3,(H,5,6);1H2,(H,4,5)/p-2. The second-order valence-corrected chi connectivity index (χ2v) is 1.50. The van der Waals surface area contributed by atoms with Crippen LogP contribution >= 0.6 is 0 Å². The Morgan fingerprint density at radius 2 is 1.73 bits per heavy atom. The lowest BCUT2D eigenvalue weighted by Crippen LogP contribution is -2.32. The summed E-state index contributed by atoms with van der Waals surface area (Å²) in [5.74, 6) is -3.10.